The molecule has 6 rings (SSSR count). The first-order valence-electron chi connectivity index (χ1n) is 15.7. The lowest BCUT2D eigenvalue weighted by atomic mass is 9.63. The van der Waals surface area contributed by atoms with Crippen LogP contribution in [0.25, 0.3) is 0 Å². The number of rotatable bonds is 6. The molecule has 0 aromatic carbocycles. The number of alkyl halides is 1. The third kappa shape index (κ3) is 5.25. The molecule has 0 bridgehead atoms. The van der Waals surface area contributed by atoms with Crippen molar-refractivity contribution in [2.45, 2.75) is 95.3 Å². The lowest BCUT2D eigenvalue weighted by molar-refractivity contribution is -0.215. The van der Waals surface area contributed by atoms with Gasteiger partial charge >= 0.3 is 0 Å². The average Bonchev–Trinajstić information content (AvgIpc) is 2.93. The minimum atomic E-state index is -1.22. The van der Waals surface area contributed by atoms with Crippen molar-refractivity contribution in [3.05, 3.63) is 11.8 Å². The van der Waals surface area contributed by atoms with Crippen LogP contribution >= 0.6 is 0 Å². The summed E-state index contributed by atoms with van der Waals surface area (Å²) in [7, 11) is 4.12. The largest absolute Gasteiger partial charge is 0.378 e. The quantitative estimate of drug-likeness (QED) is 0.501. The van der Waals surface area contributed by atoms with E-state index in [2.05, 4.69) is 43.1 Å². The average molecular weight is 561 g/mol. The summed E-state index contributed by atoms with van der Waals surface area (Å²) in [6, 6.07) is -0.574. The number of fused-ring (bicyclic) bond motifs is 4. The zero-order valence-electron chi connectivity index (χ0n) is 24.8. The molecule has 0 radical (unpaired) electrons. The molecule has 3 aliphatic heterocycles. The smallest absolute Gasteiger partial charge is 0.259 e. The molecule has 6 aliphatic rings. The van der Waals surface area contributed by atoms with Crippen molar-refractivity contribution >= 4 is 11.7 Å². The summed E-state index contributed by atoms with van der Waals surface area (Å²) >= 11 is 0. The second-order valence-electron chi connectivity index (χ2n) is 14.3. The van der Waals surface area contributed by atoms with Crippen molar-refractivity contribution in [3.63, 3.8) is 0 Å². The van der Waals surface area contributed by atoms with Crippen LogP contribution in [-0.4, -0.2) is 116 Å². The maximum absolute atomic E-state index is 16.1. The van der Waals surface area contributed by atoms with Crippen LogP contribution in [0.2, 0.25) is 0 Å². The van der Waals surface area contributed by atoms with Crippen molar-refractivity contribution in [2.75, 3.05) is 53.5 Å². The van der Waals surface area contributed by atoms with E-state index >= 15 is 4.39 Å². The Morgan fingerprint density at radius 1 is 1.12 bits per heavy atom. The molecule has 3 aliphatic carbocycles. The molecule has 3 saturated carbocycles. The van der Waals surface area contributed by atoms with E-state index in [1.807, 2.05) is 6.20 Å². The molecule has 224 valence electrons. The van der Waals surface area contributed by atoms with Gasteiger partial charge in [-0.25, -0.2) is 4.39 Å². The van der Waals surface area contributed by atoms with Crippen LogP contribution in [0.4, 0.5) is 4.39 Å². The number of morpholine rings is 2. The van der Waals surface area contributed by atoms with Crippen LogP contribution in [0.1, 0.15) is 58.8 Å². The predicted molar refractivity (Wildman–Crippen MR) is 150 cm³/mol. The van der Waals surface area contributed by atoms with Crippen molar-refractivity contribution in [2.24, 2.45) is 23.2 Å². The van der Waals surface area contributed by atoms with Crippen molar-refractivity contribution in [1.82, 2.24) is 20.0 Å². The summed E-state index contributed by atoms with van der Waals surface area (Å²) < 4.78 is 28.5. The summed E-state index contributed by atoms with van der Waals surface area (Å²) in [6.45, 7) is 7.88. The molecule has 3 heterocycles. The van der Waals surface area contributed by atoms with Gasteiger partial charge in [-0.2, -0.15) is 0 Å². The lowest BCUT2D eigenvalue weighted by Crippen LogP contribution is -2.74. The van der Waals surface area contributed by atoms with E-state index in [0.717, 1.165) is 25.8 Å². The number of ether oxygens (including phenoxy) is 2. The number of nitrogens with zero attached hydrogens (tertiary/aromatic N) is 3. The van der Waals surface area contributed by atoms with E-state index in [0.29, 0.717) is 44.7 Å². The maximum atomic E-state index is 16.1. The monoisotopic (exact) mass is 560 g/mol. The number of nitrogens with one attached hydrogen (secondary N) is 1. The fourth-order valence-corrected chi connectivity index (χ4v) is 9.04. The fourth-order valence-electron chi connectivity index (χ4n) is 9.04. The molecule has 8 nitrogen and oxygen atoms in total. The molecule has 0 aromatic rings. The van der Waals surface area contributed by atoms with Crippen LogP contribution in [-0.2, 0) is 19.1 Å². The summed E-state index contributed by atoms with van der Waals surface area (Å²) in [5.41, 5.74) is 0.197. The third-order valence-corrected chi connectivity index (χ3v) is 10.6. The van der Waals surface area contributed by atoms with Crippen LogP contribution < -0.4 is 5.32 Å². The van der Waals surface area contributed by atoms with Gasteiger partial charge in [0.25, 0.3) is 5.91 Å². The fraction of sp³-hybridized carbons (Fsp3) is 0.871. The Balaban J connectivity index is 1.34. The Kier molecular flexibility index (Phi) is 8.05. The summed E-state index contributed by atoms with van der Waals surface area (Å²) in [6.07, 6.45) is 7.40. The van der Waals surface area contributed by atoms with Gasteiger partial charge in [-0.1, -0.05) is 33.1 Å². The first-order valence-corrected chi connectivity index (χ1v) is 15.7. The standard InChI is InChI=1S/C31H49FN4O4/c1-31(2,18-34(3)4)17-33-25-23(32)15-21-27-29(25)40-24-10-9-19-7-5-6-8-20(19)26(24)36(27)16-22(28(21)37)30(38)35-11-13-39-14-12-35/h16,19-21,23-27,29,33H,5-15,17-18H2,1-4H3. The zero-order chi connectivity index (χ0) is 28.2. The Bertz CT molecular complexity index is 998. The first-order chi connectivity index (χ1) is 19.1. The van der Waals surface area contributed by atoms with Gasteiger partial charge in [-0.3, -0.25) is 9.59 Å². The van der Waals surface area contributed by atoms with Gasteiger partial charge in [0.05, 0.1) is 49.1 Å². The highest BCUT2D eigenvalue weighted by atomic mass is 19.1. The number of amides is 1. The van der Waals surface area contributed by atoms with E-state index < -0.39 is 24.2 Å². The molecule has 9 unspecified atom stereocenters. The molecule has 9 atom stereocenters. The molecule has 40 heavy (non-hydrogen) atoms. The normalized spacial score (nSPS) is 39.8. The minimum Gasteiger partial charge on any atom is -0.378 e. The van der Waals surface area contributed by atoms with E-state index in [4.69, 9.17) is 9.47 Å². The lowest BCUT2D eigenvalue weighted by Gasteiger charge is -2.62. The van der Waals surface area contributed by atoms with Crippen LogP contribution in [0.5, 0.6) is 0 Å². The predicted octanol–water partition coefficient (Wildman–Crippen LogP) is 2.62. The second kappa shape index (κ2) is 11.3. The minimum absolute atomic E-state index is 0.00479. The van der Waals surface area contributed by atoms with Gasteiger partial charge in [0, 0.05) is 38.3 Å². The number of carbonyl (C=O) groups is 2. The van der Waals surface area contributed by atoms with Gasteiger partial charge in [0.15, 0.2) is 5.78 Å². The van der Waals surface area contributed by atoms with Crippen LogP contribution in [0.3, 0.4) is 0 Å². The van der Waals surface area contributed by atoms with Crippen LogP contribution in [0.15, 0.2) is 11.8 Å². The highest BCUT2D eigenvalue weighted by Crippen LogP contribution is 2.51. The van der Waals surface area contributed by atoms with E-state index in [-0.39, 0.29) is 47.3 Å². The number of Topliss-reactive ketones (excluding diaryl/α,β-unsaturated/α-hetero) is 1. The van der Waals surface area contributed by atoms with E-state index in [1.165, 1.54) is 19.3 Å². The van der Waals surface area contributed by atoms with E-state index in [1.54, 1.807) is 4.90 Å². The molecule has 1 amide bonds. The molecule has 5 fully saturated rings. The number of ketones is 1. The molecule has 0 spiro atoms. The SMILES string of the molecule is CN(C)CC(C)(C)CNC1C(F)CC2C(=O)C(C(=O)N3CCOCC3)=CN3C4C(CCC5CCCCC54)OC1C23. The molecule has 9 heteroatoms. The number of halogens is 1. The number of hydrogen-bond acceptors (Lipinski definition) is 7. The van der Waals surface area contributed by atoms with Gasteiger partial charge in [-0.05, 0) is 57.0 Å². The summed E-state index contributed by atoms with van der Waals surface area (Å²) in [5.74, 6) is 0.170. The second-order valence-corrected chi connectivity index (χ2v) is 14.3. The highest BCUT2D eigenvalue weighted by Gasteiger charge is 2.60. The molecule has 0 aromatic heterocycles. The molecular formula is C31H49FN4O4. The van der Waals surface area contributed by atoms with Gasteiger partial charge in [-0.15, -0.1) is 0 Å². The topological polar surface area (TPSA) is 74.4 Å². The van der Waals surface area contributed by atoms with Crippen molar-refractivity contribution < 1.29 is 23.5 Å². The van der Waals surface area contributed by atoms with E-state index in [9.17, 15) is 9.59 Å². The first kappa shape index (κ1) is 28.6. The number of carbonyl (C=O) groups excluding carboxylic acids is 2. The number of hydrogen-bond donors (Lipinski definition) is 1. The van der Waals surface area contributed by atoms with Crippen molar-refractivity contribution in [1.29, 1.82) is 0 Å². The molecule has 1 N–H and O–H groups in total. The van der Waals surface area contributed by atoms with Crippen molar-refractivity contribution in [3.8, 4) is 0 Å². The molecular weight excluding hydrogens is 511 g/mol. The highest BCUT2D eigenvalue weighted by molar-refractivity contribution is 6.20. The third-order valence-electron chi connectivity index (χ3n) is 10.6. The summed E-state index contributed by atoms with van der Waals surface area (Å²) in [4.78, 5) is 34.0. The Morgan fingerprint density at radius 2 is 1.88 bits per heavy atom. The summed E-state index contributed by atoms with van der Waals surface area (Å²) in [5, 5.41) is 3.58. The Hall–Kier alpha value is -1.55. The maximum Gasteiger partial charge on any atom is 0.259 e. The zero-order valence-corrected chi connectivity index (χ0v) is 24.8. The van der Waals surface area contributed by atoms with Gasteiger partial charge in [0.1, 0.15) is 6.17 Å². The Morgan fingerprint density at radius 3 is 2.62 bits per heavy atom. The Labute approximate surface area is 239 Å². The van der Waals surface area contributed by atoms with Crippen LogP contribution in [0, 0.1) is 23.2 Å². The van der Waals surface area contributed by atoms with Gasteiger partial charge < -0.3 is 29.5 Å². The molecule has 2 saturated heterocycles. The van der Waals surface area contributed by atoms with Gasteiger partial charge in [0.2, 0.25) is 0 Å².